The molecule has 0 unspecified atom stereocenters. The molecule has 3 N–H and O–H groups in total. The van der Waals surface area contributed by atoms with Gasteiger partial charge in [0.2, 0.25) is 0 Å². The van der Waals surface area contributed by atoms with E-state index in [1.54, 1.807) is 24.3 Å². The lowest BCUT2D eigenvalue weighted by molar-refractivity contribution is -0.908. The predicted molar refractivity (Wildman–Crippen MR) is 90.3 cm³/mol. The Balaban J connectivity index is 1.65. The number of hydrogen-bond acceptors (Lipinski definition) is 4. The van der Waals surface area contributed by atoms with Crippen LogP contribution in [0.25, 0.3) is 0 Å². The van der Waals surface area contributed by atoms with E-state index in [2.05, 4.69) is 10.6 Å². The molecule has 1 aromatic rings. The lowest BCUT2D eigenvalue weighted by Crippen LogP contribution is -3.14. The van der Waals surface area contributed by atoms with Crippen molar-refractivity contribution in [2.75, 3.05) is 51.3 Å². The third kappa shape index (κ3) is 6.17. The molecule has 7 heteroatoms. The molecule has 1 heterocycles. The third-order valence-electron chi connectivity index (χ3n) is 3.82. The number of anilines is 1. The monoisotopic (exact) mass is 336 g/mol. The zero-order chi connectivity index (χ0) is 17.2. The first-order chi connectivity index (χ1) is 11.7. The van der Waals surface area contributed by atoms with Crippen molar-refractivity contribution in [2.24, 2.45) is 0 Å². The van der Waals surface area contributed by atoms with Crippen LogP contribution in [0.4, 0.5) is 5.69 Å². The van der Waals surface area contributed by atoms with E-state index in [1.807, 2.05) is 6.92 Å². The summed E-state index contributed by atoms with van der Waals surface area (Å²) in [6, 6.07) is 6.92. The molecule has 24 heavy (non-hydrogen) atoms. The lowest BCUT2D eigenvalue weighted by atomic mass is 10.3. The smallest absolute Gasteiger partial charge is 0.313 e. The van der Waals surface area contributed by atoms with Crippen LogP contribution in [-0.2, 0) is 14.3 Å². The van der Waals surface area contributed by atoms with E-state index in [-0.39, 0.29) is 0 Å². The number of benzene rings is 1. The first-order valence-electron chi connectivity index (χ1n) is 8.42. The molecule has 0 saturated carbocycles. The van der Waals surface area contributed by atoms with E-state index in [9.17, 15) is 9.59 Å². The molecule has 0 radical (unpaired) electrons. The second kappa shape index (κ2) is 9.89. The topological polar surface area (TPSA) is 81.1 Å². The van der Waals surface area contributed by atoms with E-state index in [0.29, 0.717) is 18.8 Å². The highest BCUT2D eigenvalue weighted by Gasteiger charge is 2.15. The standard InChI is InChI=1S/C17H25N3O4/c1-2-24-15-6-4-14(5-7-15)19-17(22)16(21)18-8-3-9-20-10-12-23-13-11-20/h4-7H,2-3,8-13H2,1H3,(H,18,21)(H,19,22)/p+1. The number of ether oxygens (including phenoxy) is 2. The number of quaternary nitrogens is 1. The van der Waals surface area contributed by atoms with Gasteiger partial charge in [-0.2, -0.15) is 0 Å². The van der Waals surface area contributed by atoms with Crippen molar-refractivity contribution in [3.05, 3.63) is 24.3 Å². The quantitative estimate of drug-likeness (QED) is 0.461. The average Bonchev–Trinajstić information content (AvgIpc) is 2.61. The Morgan fingerprint density at radius 1 is 1.17 bits per heavy atom. The van der Waals surface area contributed by atoms with Crippen LogP contribution in [0.2, 0.25) is 0 Å². The number of morpholine rings is 1. The first-order valence-corrected chi connectivity index (χ1v) is 8.42. The highest BCUT2D eigenvalue weighted by atomic mass is 16.5. The molecule has 0 atom stereocenters. The number of carbonyl (C=O) groups is 2. The molecule has 1 aromatic carbocycles. The Labute approximate surface area is 142 Å². The molecule has 7 nitrogen and oxygen atoms in total. The van der Waals surface area contributed by atoms with Crippen molar-refractivity contribution < 1.29 is 24.0 Å². The minimum Gasteiger partial charge on any atom is -0.494 e. The SMILES string of the molecule is CCOc1ccc(NC(=O)C(=O)NCCC[NH+]2CCOCC2)cc1. The maximum Gasteiger partial charge on any atom is 0.313 e. The normalized spacial score (nSPS) is 14.9. The van der Waals surface area contributed by atoms with Gasteiger partial charge in [-0.05, 0) is 31.2 Å². The molecular formula is C17H26N3O4+. The van der Waals surface area contributed by atoms with Gasteiger partial charge in [-0.1, -0.05) is 0 Å². The van der Waals surface area contributed by atoms with Crippen LogP contribution >= 0.6 is 0 Å². The summed E-state index contributed by atoms with van der Waals surface area (Å²) in [5.74, 6) is -0.538. The summed E-state index contributed by atoms with van der Waals surface area (Å²) in [7, 11) is 0. The van der Waals surface area contributed by atoms with E-state index >= 15 is 0 Å². The zero-order valence-corrected chi connectivity index (χ0v) is 14.1. The summed E-state index contributed by atoms with van der Waals surface area (Å²) in [5, 5.41) is 5.23. The van der Waals surface area contributed by atoms with Crippen molar-refractivity contribution >= 4 is 17.5 Å². The molecule has 1 saturated heterocycles. The highest BCUT2D eigenvalue weighted by molar-refractivity contribution is 6.39. The summed E-state index contributed by atoms with van der Waals surface area (Å²) in [6.07, 6.45) is 0.845. The Bertz CT molecular complexity index is 527. The van der Waals surface area contributed by atoms with Crippen molar-refractivity contribution in [1.29, 1.82) is 0 Å². The number of rotatable bonds is 7. The average molecular weight is 336 g/mol. The van der Waals surface area contributed by atoms with E-state index in [4.69, 9.17) is 9.47 Å². The third-order valence-corrected chi connectivity index (χ3v) is 3.82. The molecule has 0 aromatic heterocycles. The molecule has 132 valence electrons. The van der Waals surface area contributed by atoms with Gasteiger partial charge in [0.05, 0.1) is 26.4 Å². The van der Waals surface area contributed by atoms with Crippen LogP contribution in [0.15, 0.2) is 24.3 Å². The van der Waals surface area contributed by atoms with Gasteiger partial charge in [-0.25, -0.2) is 0 Å². The molecule has 0 bridgehead atoms. The van der Waals surface area contributed by atoms with Crippen LogP contribution in [0.5, 0.6) is 5.75 Å². The van der Waals surface area contributed by atoms with Crippen molar-refractivity contribution in [3.8, 4) is 5.75 Å². The molecule has 0 aliphatic carbocycles. The van der Waals surface area contributed by atoms with Crippen molar-refractivity contribution in [2.45, 2.75) is 13.3 Å². The second-order valence-corrected chi connectivity index (χ2v) is 5.63. The van der Waals surface area contributed by atoms with Crippen molar-refractivity contribution in [1.82, 2.24) is 5.32 Å². The van der Waals surface area contributed by atoms with Gasteiger partial charge in [-0.15, -0.1) is 0 Å². The second-order valence-electron chi connectivity index (χ2n) is 5.63. The van der Waals surface area contributed by atoms with E-state index < -0.39 is 11.8 Å². The van der Waals surface area contributed by atoms with Gasteiger partial charge in [0.1, 0.15) is 18.8 Å². The van der Waals surface area contributed by atoms with Crippen LogP contribution in [0, 0.1) is 0 Å². The molecule has 2 amide bonds. The number of nitrogens with one attached hydrogen (secondary N) is 3. The summed E-state index contributed by atoms with van der Waals surface area (Å²) in [5.41, 5.74) is 0.566. The van der Waals surface area contributed by atoms with Gasteiger partial charge < -0.3 is 25.0 Å². The summed E-state index contributed by atoms with van der Waals surface area (Å²) >= 11 is 0. The maximum atomic E-state index is 11.8. The number of hydrogen-bond donors (Lipinski definition) is 3. The maximum absolute atomic E-state index is 11.8. The predicted octanol–water partition coefficient (Wildman–Crippen LogP) is -0.555. The summed E-state index contributed by atoms with van der Waals surface area (Å²) < 4.78 is 10.6. The van der Waals surface area contributed by atoms with Gasteiger partial charge in [0, 0.05) is 18.7 Å². The molecule has 2 rings (SSSR count). The molecule has 1 fully saturated rings. The van der Waals surface area contributed by atoms with Gasteiger partial charge in [-0.3, -0.25) is 9.59 Å². The van der Waals surface area contributed by atoms with Gasteiger partial charge in [0.15, 0.2) is 0 Å². The summed E-state index contributed by atoms with van der Waals surface area (Å²) in [6.45, 7) is 7.57. The minimum absolute atomic E-state index is 0.500. The zero-order valence-electron chi connectivity index (χ0n) is 14.1. The molecule has 1 aliphatic heterocycles. The fourth-order valence-corrected chi connectivity index (χ4v) is 2.52. The molecule has 1 aliphatic rings. The van der Waals surface area contributed by atoms with Crippen LogP contribution in [0.1, 0.15) is 13.3 Å². The lowest BCUT2D eigenvalue weighted by Gasteiger charge is -2.23. The fourth-order valence-electron chi connectivity index (χ4n) is 2.52. The largest absolute Gasteiger partial charge is 0.494 e. The Hall–Kier alpha value is -2.12. The molecular weight excluding hydrogens is 310 g/mol. The fraction of sp³-hybridized carbons (Fsp3) is 0.529. The van der Waals surface area contributed by atoms with Crippen LogP contribution < -0.4 is 20.3 Å². The first kappa shape index (κ1) is 18.2. The minimum atomic E-state index is -0.655. The highest BCUT2D eigenvalue weighted by Crippen LogP contribution is 2.15. The van der Waals surface area contributed by atoms with Gasteiger partial charge in [0.25, 0.3) is 0 Å². The van der Waals surface area contributed by atoms with Gasteiger partial charge >= 0.3 is 11.8 Å². The Morgan fingerprint density at radius 3 is 2.54 bits per heavy atom. The number of amides is 2. The number of carbonyl (C=O) groups excluding carboxylic acids is 2. The molecule has 0 spiro atoms. The van der Waals surface area contributed by atoms with E-state index in [1.165, 1.54) is 4.90 Å². The summed E-state index contributed by atoms with van der Waals surface area (Å²) in [4.78, 5) is 25.1. The van der Waals surface area contributed by atoms with Crippen LogP contribution in [-0.4, -0.2) is 57.8 Å². The van der Waals surface area contributed by atoms with Crippen LogP contribution in [0.3, 0.4) is 0 Å². The Morgan fingerprint density at radius 2 is 1.88 bits per heavy atom. The van der Waals surface area contributed by atoms with Crippen molar-refractivity contribution in [3.63, 3.8) is 0 Å². The Kier molecular flexibility index (Phi) is 7.51. The van der Waals surface area contributed by atoms with E-state index in [0.717, 1.165) is 45.0 Å².